The van der Waals surface area contributed by atoms with Crippen molar-refractivity contribution >= 4 is 12.6 Å². The van der Waals surface area contributed by atoms with E-state index >= 15 is 0 Å². The molecule has 1 fully saturated rings. The zero-order valence-corrected chi connectivity index (χ0v) is 5.78. The zero-order valence-electron chi connectivity index (χ0n) is 4.89. The Kier molecular flexibility index (Phi) is 1.33. The lowest BCUT2D eigenvalue weighted by atomic mass is 9.76. The first-order valence-electron chi connectivity index (χ1n) is 2.90. The van der Waals surface area contributed by atoms with Crippen molar-refractivity contribution in [3.63, 3.8) is 0 Å². The topological polar surface area (TPSA) is 0 Å². The smallest absolute Gasteiger partial charge is 0.00476 e. The van der Waals surface area contributed by atoms with Crippen molar-refractivity contribution in [3.05, 3.63) is 0 Å². The van der Waals surface area contributed by atoms with E-state index in [0.29, 0.717) is 5.25 Å². The highest BCUT2D eigenvalue weighted by atomic mass is 32.1. The van der Waals surface area contributed by atoms with Crippen LogP contribution in [0.5, 0.6) is 0 Å². The van der Waals surface area contributed by atoms with Crippen molar-refractivity contribution in [2.45, 2.75) is 25.5 Å². The van der Waals surface area contributed by atoms with Crippen LogP contribution in [0, 0.1) is 11.8 Å². The van der Waals surface area contributed by atoms with Gasteiger partial charge in [-0.3, -0.25) is 0 Å². The molecule has 0 bridgehead atoms. The summed E-state index contributed by atoms with van der Waals surface area (Å²) >= 11 is 4.34. The SMILES string of the molecule is CC1CC(S)C1C. The van der Waals surface area contributed by atoms with Crippen LogP contribution in [0.2, 0.25) is 0 Å². The minimum atomic E-state index is 0.704. The molecule has 0 amide bonds. The third-order valence-corrected chi connectivity index (χ3v) is 2.80. The van der Waals surface area contributed by atoms with E-state index in [1.165, 1.54) is 6.42 Å². The molecule has 3 atom stereocenters. The van der Waals surface area contributed by atoms with Crippen molar-refractivity contribution in [1.82, 2.24) is 0 Å². The molecule has 0 saturated heterocycles. The molecule has 1 aliphatic carbocycles. The predicted octanol–water partition coefficient (Wildman–Crippen LogP) is 1.96. The summed E-state index contributed by atoms with van der Waals surface area (Å²) in [6.07, 6.45) is 1.32. The van der Waals surface area contributed by atoms with Crippen LogP contribution in [0.4, 0.5) is 0 Å². The normalized spacial score (nSPS) is 51.0. The second-order valence-corrected chi connectivity index (χ2v) is 3.30. The number of hydrogen-bond acceptors (Lipinski definition) is 1. The van der Waals surface area contributed by atoms with E-state index in [1.807, 2.05) is 0 Å². The van der Waals surface area contributed by atoms with Crippen molar-refractivity contribution in [2.24, 2.45) is 11.8 Å². The summed E-state index contributed by atoms with van der Waals surface area (Å²) in [5.74, 6) is 1.80. The first kappa shape index (κ1) is 5.49. The van der Waals surface area contributed by atoms with Crippen LogP contribution >= 0.6 is 12.6 Å². The summed E-state index contributed by atoms with van der Waals surface area (Å²) in [5.41, 5.74) is 0. The standard InChI is InChI=1S/C6H12S/c1-4-3-6(7)5(4)2/h4-7H,3H2,1-2H3. The third kappa shape index (κ3) is 0.788. The lowest BCUT2D eigenvalue weighted by Gasteiger charge is -2.37. The van der Waals surface area contributed by atoms with Gasteiger partial charge in [0.1, 0.15) is 0 Å². The van der Waals surface area contributed by atoms with Crippen LogP contribution in [0.3, 0.4) is 0 Å². The summed E-state index contributed by atoms with van der Waals surface area (Å²) in [4.78, 5) is 0. The Labute approximate surface area is 50.7 Å². The Balaban J connectivity index is 2.29. The van der Waals surface area contributed by atoms with E-state index in [2.05, 4.69) is 26.5 Å². The van der Waals surface area contributed by atoms with Gasteiger partial charge in [-0.2, -0.15) is 12.6 Å². The van der Waals surface area contributed by atoms with Crippen LogP contribution in [-0.2, 0) is 0 Å². The molecule has 3 unspecified atom stereocenters. The van der Waals surface area contributed by atoms with Gasteiger partial charge >= 0.3 is 0 Å². The average Bonchev–Trinajstić information content (AvgIpc) is 1.68. The summed E-state index contributed by atoms with van der Waals surface area (Å²) in [6, 6.07) is 0. The van der Waals surface area contributed by atoms with Gasteiger partial charge in [-0.15, -0.1) is 0 Å². The fourth-order valence-corrected chi connectivity index (χ4v) is 1.62. The van der Waals surface area contributed by atoms with Crippen molar-refractivity contribution in [2.75, 3.05) is 0 Å². The van der Waals surface area contributed by atoms with Gasteiger partial charge in [-0.1, -0.05) is 13.8 Å². The molecule has 7 heavy (non-hydrogen) atoms. The quantitative estimate of drug-likeness (QED) is 0.459. The molecule has 42 valence electrons. The van der Waals surface area contributed by atoms with E-state index < -0.39 is 0 Å². The lowest BCUT2D eigenvalue weighted by molar-refractivity contribution is 0.234. The average molecular weight is 116 g/mol. The number of rotatable bonds is 0. The molecule has 1 aliphatic rings. The molecule has 0 N–H and O–H groups in total. The van der Waals surface area contributed by atoms with Gasteiger partial charge in [-0.05, 0) is 18.3 Å². The fourth-order valence-electron chi connectivity index (χ4n) is 0.994. The van der Waals surface area contributed by atoms with Gasteiger partial charge < -0.3 is 0 Å². The largest absolute Gasteiger partial charge is 0.176 e. The maximum absolute atomic E-state index is 4.34. The van der Waals surface area contributed by atoms with Gasteiger partial charge in [0.25, 0.3) is 0 Å². The van der Waals surface area contributed by atoms with Crippen LogP contribution in [0.1, 0.15) is 20.3 Å². The van der Waals surface area contributed by atoms with E-state index in [1.54, 1.807) is 0 Å². The van der Waals surface area contributed by atoms with Crippen LogP contribution in [0.15, 0.2) is 0 Å². The minimum absolute atomic E-state index is 0.704. The summed E-state index contributed by atoms with van der Waals surface area (Å²) < 4.78 is 0. The van der Waals surface area contributed by atoms with Crippen molar-refractivity contribution in [3.8, 4) is 0 Å². The Morgan fingerprint density at radius 1 is 1.43 bits per heavy atom. The van der Waals surface area contributed by atoms with E-state index in [0.717, 1.165) is 11.8 Å². The Morgan fingerprint density at radius 3 is 2.00 bits per heavy atom. The maximum atomic E-state index is 4.34. The number of thiol groups is 1. The third-order valence-electron chi connectivity index (χ3n) is 2.12. The van der Waals surface area contributed by atoms with Crippen molar-refractivity contribution < 1.29 is 0 Å². The molecule has 1 saturated carbocycles. The predicted molar refractivity (Wildman–Crippen MR) is 35.7 cm³/mol. The van der Waals surface area contributed by atoms with E-state index in [4.69, 9.17) is 0 Å². The molecule has 0 aliphatic heterocycles. The monoisotopic (exact) mass is 116 g/mol. The molecule has 1 rings (SSSR count). The summed E-state index contributed by atoms with van der Waals surface area (Å²) in [7, 11) is 0. The highest BCUT2D eigenvalue weighted by Gasteiger charge is 2.30. The van der Waals surface area contributed by atoms with Gasteiger partial charge in [0.2, 0.25) is 0 Å². The summed E-state index contributed by atoms with van der Waals surface area (Å²) in [5, 5.41) is 0.704. The Bertz CT molecular complexity index is 62.6. The van der Waals surface area contributed by atoms with Crippen LogP contribution in [0.25, 0.3) is 0 Å². The van der Waals surface area contributed by atoms with Gasteiger partial charge in [0.05, 0.1) is 0 Å². The van der Waals surface area contributed by atoms with E-state index in [-0.39, 0.29) is 0 Å². The first-order chi connectivity index (χ1) is 3.22. The minimum Gasteiger partial charge on any atom is -0.176 e. The molecule has 1 heteroatoms. The Hall–Kier alpha value is 0.350. The van der Waals surface area contributed by atoms with Gasteiger partial charge in [-0.25, -0.2) is 0 Å². The maximum Gasteiger partial charge on any atom is 0.00476 e. The van der Waals surface area contributed by atoms with Crippen LogP contribution < -0.4 is 0 Å². The molecular weight excluding hydrogens is 104 g/mol. The second-order valence-electron chi connectivity index (χ2n) is 2.64. The van der Waals surface area contributed by atoms with E-state index in [9.17, 15) is 0 Å². The van der Waals surface area contributed by atoms with Crippen LogP contribution in [-0.4, -0.2) is 5.25 Å². The van der Waals surface area contributed by atoms with Gasteiger partial charge in [0.15, 0.2) is 0 Å². The molecular formula is C6H12S. The molecule has 0 spiro atoms. The molecule has 0 nitrogen and oxygen atoms in total. The number of hydrogen-bond donors (Lipinski definition) is 1. The molecule has 0 aromatic heterocycles. The van der Waals surface area contributed by atoms with Gasteiger partial charge in [0, 0.05) is 5.25 Å². The fraction of sp³-hybridized carbons (Fsp3) is 1.00. The summed E-state index contributed by atoms with van der Waals surface area (Å²) in [6.45, 7) is 4.56. The second kappa shape index (κ2) is 1.70. The lowest BCUT2D eigenvalue weighted by Crippen LogP contribution is -2.32. The molecule has 0 heterocycles. The Morgan fingerprint density at radius 2 is 2.00 bits per heavy atom. The first-order valence-corrected chi connectivity index (χ1v) is 3.41. The zero-order chi connectivity index (χ0) is 5.44. The highest BCUT2D eigenvalue weighted by molar-refractivity contribution is 7.81. The molecule has 0 aromatic rings. The molecule has 0 radical (unpaired) electrons. The molecule has 0 aromatic carbocycles. The highest BCUT2D eigenvalue weighted by Crippen LogP contribution is 2.37. The van der Waals surface area contributed by atoms with Crippen molar-refractivity contribution in [1.29, 1.82) is 0 Å².